The van der Waals surface area contributed by atoms with E-state index in [1.54, 1.807) is 18.9 Å². The van der Waals surface area contributed by atoms with Gasteiger partial charge in [0, 0.05) is 13.6 Å². The number of amides is 1. The molecule has 1 aromatic carbocycles. The molecule has 0 aliphatic rings. The van der Waals surface area contributed by atoms with Crippen LogP contribution in [-0.2, 0) is 10.2 Å². The van der Waals surface area contributed by atoms with Crippen molar-refractivity contribution in [2.75, 3.05) is 13.6 Å². The molecule has 1 amide bonds. The summed E-state index contributed by atoms with van der Waals surface area (Å²) in [5, 5.41) is 9.26. The van der Waals surface area contributed by atoms with E-state index < -0.39 is 5.41 Å². The monoisotopic (exact) mass is 249 g/mol. The molecule has 0 spiro atoms. The number of rotatable bonds is 5. The van der Waals surface area contributed by atoms with Crippen LogP contribution in [0.2, 0.25) is 0 Å². The second kappa shape index (κ2) is 6.01. The molecule has 0 fully saturated rings. The molecule has 0 aliphatic carbocycles. The molecule has 0 radical (unpaired) electrons. The molecule has 18 heavy (non-hydrogen) atoms. The third kappa shape index (κ3) is 3.57. The van der Waals surface area contributed by atoms with Crippen LogP contribution in [0.3, 0.4) is 0 Å². The Kier molecular flexibility index (Phi) is 4.91. The molecule has 3 nitrogen and oxygen atoms in total. The molecular weight excluding hydrogens is 226 g/mol. The molecule has 100 valence electrons. The largest absolute Gasteiger partial charge is 0.393 e. The van der Waals surface area contributed by atoms with Crippen LogP contribution in [0.5, 0.6) is 0 Å². The van der Waals surface area contributed by atoms with Crippen LogP contribution >= 0.6 is 0 Å². The van der Waals surface area contributed by atoms with Gasteiger partial charge in [0.05, 0.1) is 11.5 Å². The van der Waals surface area contributed by atoms with Gasteiger partial charge < -0.3 is 10.0 Å². The smallest absolute Gasteiger partial charge is 0.232 e. The molecule has 0 aliphatic heterocycles. The van der Waals surface area contributed by atoms with Crippen molar-refractivity contribution in [3.8, 4) is 0 Å². The van der Waals surface area contributed by atoms with Crippen molar-refractivity contribution in [3.05, 3.63) is 35.9 Å². The minimum absolute atomic E-state index is 0.0781. The van der Waals surface area contributed by atoms with Gasteiger partial charge in [-0.3, -0.25) is 4.79 Å². The zero-order valence-electron chi connectivity index (χ0n) is 11.7. The first-order valence-electron chi connectivity index (χ1n) is 6.35. The molecule has 0 heterocycles. The van der Waals surface area contributed by atoms with E-state index in [0.717, 1.165) is 5.56 Å². The normalized spacial score (nSPS) is 13.2. The van der Waals surface area contributed by atoms with E-state index in [9.17, 15) is 9.90 Å². The van der Waals surface area contributed by atoms with Crippen molar-refractivity contribution in [3.63, 3.8) is 0 Å². The topological polar surface area (TPSA) is 40.5 Å². The van der Waals surface area contributed by atoms with Crippen molar-refractivity contribution < 1.29 is 9.90 Å². The summed E-state index contributed by atoms with van der Waals surface area (Å²) in [7, 11) is 1.79. The average Bonchev–Trinajstić information content (AvgIpc) is 2.36. The van der Waals surface area contributed by atoms with Gasteiger partial charge >= 0.3 is 0 Å². The Labute approximate surface area is 109 Å². The predicted molar refractivity (Wildman–Crippen MR) is 73.4 cm³/mol. The second-order valence-corrected chi connectivity index (χ2v) is 5.36. The maximum absolute atomic E-state index is 12.4. The number of aliphatic hydroxyl groups is 1. The summed E-state index contributed by atoms with van der Waals surface area (Å²) >= 11 is 0. The highest BCUT2D eigenvalue weighted by Gasteiger charge is 2.31. The summed E-state index contributed by atoms with van der Waals surface area (Å²) in [6.45, 7) is 6.18. The zero-order valence-corrected chi connectivity index (χ0v) is 11.7. The minimum Gasteiger partial charge on any atom is -0.393 e. The van der Waals surface area contributed by atoms with Crippen LogP contribution in [0.1, 0.15) is 32.8 Å². The molecule has 3 heteroatoms. The summed E-state index contributed by atoms with van der Waals surface area (Å²) in [5.74, 6) is 0.0781. The van der Waals surface area contributed by atoms with E-state index in [-0.39, 0.29) is 12.0 Å². The Bertz CT molecular complexity index is 385. The van der Waals surface area contributed by atoms with Gasteiger partial charge in [-0.05, 0) is 32.8 Å². The van der Waals surface area contributed by atoms with E-state index in [4.69, 9.17) is 0 Å². The Morgan fingerprint density at radius 1 is 1.33 bits per heavy atom. The minimum atomic E-state index is -0.533. The number of hydrogen-bond acceptors (Lipinski definition) is 2. The van der Waals surface area contributed by atoms with Gasteiger partial charge in [-0.2, -0.15) is 0 Å². The molecule has 1 N–H and O–H groups in total. The number of aliphatic hydroxyl groups excluding tert-OH is 1. The van der Waals surface area contributed by atoms with Crippen LogP contribution < -0.4 is 0 Å². The van der Waals surface area contributed by atoms with Crippen LogP contribution in [0.4, 0.5) is 0 Å². The highest BCUT2D eigenvalue weighted by Crippen LogP contribution is 2.25. The lowest BCUT2D eigenvalue weighted by molar-refractivity contribution is -0.135. The highest BCUT2D eigenvalue weighted by molar-refractivity contribution is 5.87. The molecular formula is C15H23NO2. The number of benzene rings is 1. The lowest BCUT2D eigenvalue weighted by Gasteiger charge is -2.30. The summed E-state index contributed by atoms with van der Waals surface area (Å²) in [6, 6.07) is 9.78. The van der Waals surface area contributed by atoms with Crippen molar-refractivity contribution in [2.45, 2.75) is 38.7 Å². The second-order valence-electron chi connectivity index (χ2n) is 5.36. The molecule has 1 aromatic rings. The van der Waals surface area contributed by atoms with Gasteiger partial charge in [0.15, 0.2) is 0 Å². The SMILES string of the molecule is CC(O)CCN(C)C(=O)C(C)(C)c1ccccc1. The van der Waals surface area contributed by atoms with Gasteiger partial charge in [-0.25, -0.2) is 0 Å². The maximum atomic E-state index is 12.4. The van der Waals surface area contributed by atoms with Crippen LogP contribution in [-0.4, -0.2) is 35.6 Å². The Morgan fingerprint density at radius 3 is 2.39 bits per heavy atom. The van der Waals surface area contributed by atoms with Gasteiger partial charge in [-0.1, -0.05) is 30.3 Å². The Balaban J connectivity index is 2.76. The molecule has 1 unspecified atom stereocenters. The zero-order chi connectivity index (χ0) is 13.8. The summed E-state index contributed by atoms with van der Waals surface area (Å²) in [6.07, 6.45) is 0.229. The summed E-state index contributed by atoms with van der Waals surface area (Å²) in [4.78, 5) is 14.1. The molecule has 1 atom stereocenters. The standard InChI is InChI=1S/C15H23NO2/c1-12(17)10-11-16(4)14(18)15(2,3)13-8-6-5-7-9-13/h5-9,12,17H,10-11H2,1-4H3. The van der Waals surface area contributed by atoms with E-state index in [2.05, 4.69) is 0 Å². The van der Waals surface area contributed by atoms with Gasteiger partial charge in [0.2, 0.25) is 5.91 Å². The highest BCUT2D eigenvalue weighted by atomic mass is 16.3. The summed E-state index contributed by atoms with van der Waals surface area (Å²) in [5.41, 5.74) is 0.480. The molecule has 0 saturated heterocycles. The predicted octanol–water partition coefficient (Wildman–Crippen LogP) is 2.19. The molecule has 1 rings (SSSR count). The van der Waals surface area contributed by atoms with Crippen molar-refractivity contribution >= 4 is 5.91 Å². The first-order chi connectivity index (χ1) is 8.35. The third-order valence-corrected chi connectivity index (χ3v) is 3.26. The fourth-order valence-corrected chi connectivity index (χ4v) is 1.94. The van der Waals surface area contributed by atoms with Crippen molar-refractivity contribution in [1.29, 1.82) is 0 Å². The average molecular weight is 249 g/mol. The fourth-order valence-electron chi connectivity index (χ4n) is 1.94. The lowest BCUT2D eigenvalue weighted by atomic mass is 9.83. The number of nitrogens with zero attached hydrogens (tertiary/aromatic N) is 1. The maximum Gasteiger partial charge on any atom is 0.232 e. The van der Waals surface area contributed by atoms with E-state index in [1.807, 2.05) is 44.2 Å². The van der Waals surface area contributed by atoms with Crippen LogP contribution in [0, 0.1) is 0 Å². The molecule has 0 saturated carbocycles. The third-order valence-electron chi connectivity index (χ3n) is 3.26. The lowest BCUT2D eigenvalue weighted by Crippen LogP contribution is -2.42. The first-order valence-corrected chi connectivity index (χ1v) is 6.35. The van der Waals surface area contributed by atoms with E-state index >= 15 is 0 Å². The molecule has 0 bridgehead atoms. The quantitative estimate of drug-likeness (QED) is 0.869. The fraction of sp³-hybridized carbons (Fsp3) is 0.533. The number of likely N-dealkylation sites (N-methyl/N-ethyl adjacent to an activating group) is 1. The number of carbonyl (C=O) groups is 1. The van der Waals surface area contributed by atoms with Gasteiger partial charge in [-0.15, -0.1) is 0 Å². The Hall–Kier alpha value is -1.35. The van der Waals surface area contributed by atoms with E-state index in [1.165, 1.54) is 0 Å². The van der Waals surface area contributed by atoms with Gasteiger partial charge in [0.1, 0.15) is 0 Å². The number of hydrogen-bond donors (Lipinski definition) is 1. The Morgan fingerprint density at radius 2 is 1.89 bits per heavy atom. The van der Waals surface area contributed by atoms with Crippen LogP contribution in [0.25, 0.3) is 0 Å². The first kappa shape index (κ1) is 14.7. The van der Waals surface area contributed by atoms with Crippen LogP contribution in [0.15, 0.2) is 30.3 Å². The van der Waals surface area contributed by atoms with Crippen molar-refractivity contribution in [1.82, 2.24) is 4.90 Å². The van der Waals surface area contributed by atoms with E-state index in [0.29, 0.717) is 13.0 Å². The summed E-state index contributed by atoms with van der Waals surface area (Å²) < 4.78 is 0. The number of carbonyl (C=O) groups excluding carboxylic acids is 1. The van der Waals surface area contributed by atoms with Gasteiger partial charge in [0.25, 0.3) is 0 Å². The molecule has 0 aromatic heterocycles. The van der Waals surface area contributed by atoms with Crippen molar-refractivity contribution in [2.24, 2.45) is 0 Å².